The second-order valence-electron chi connectivity index (χ2n) is 6.69. The quantitative estimate of drug-likeness (QED) is 0.739. The van der Waals surface area contributed by atoms with Gasteiger partial charge in [-0.25, -0.2) is 9.59 Å². The van der Waals surface area contributed by atoms with Crippen LogP contribution in [-0.2, 0) is 20.7 Å². The molecule has 1 aromatic carbocycles. The molecule has 2 aliphatic heterocycles. The Hall–Kier alpha value is -2.92. The van der Waals surface area contributed by atoms with E-state index in [1.807, 2.05) is 55.5 Å². The molecule has 3 aliphatic rings. The lowest BCUT2D eigenvalue weighted by atomic mass is 9.76. The number of hydrogen-bond acceptors (Lipinski definition) is 3. The number of rotatable bonds is 3. The van der Waals surface area contributed by atoms with E-state index in [0.717, 1.165) is 28.3 Å². The summed E-state index contributed by atoms with van der Waals surface area (Å²) in [7, 11) is 0. The molecule has 1 aromatic rings. The molecule has 2 bridgehead atoms. The number of carbonyl (C=O) groups is 2. The summed E-state index contributed by atoms with van der Waals surface area (Å²) in [4.78, 5) is 23.3. The maximum Gasteiger partial charge on any atom is 0.334 e. The van der Waals surface area contributed by atoms with E-state index in [-0.39, 0.29) is 5.57 Å². The number of fused-ring (bicyclic) bond motifs is 7. The van der Waals surface area contributed by atoms with Gasteiger partial charge in [-0.05, 0) is 35.6 Å². The third-order valence-electron chi connectivity index (χ3n) is 5.27. The van der Waals surface area contributed by atoms with Gasteiger partial charge in [0.2, 0.25) is 0 Å². The largest absolute Gasteiger partial charge is 0.478 e. The first-order chi connectivity index (χ1) is 11.9. The Morgan fingerprint density at radius 2 is 1.92 bits per heavy atom. The molecule has 0 saturated carbocycles. The number of nitrogens with one attached hydrogen (secondary N) is 1. The van der Waals surface area contributed by atoms with Gasteiger partial charge in [0.1, 0.15) is 0 Å². The van der Waals surface area contributed by atoms with E-state index in [1.165, 1.54) is 0 Å². The van der Waals surface area contributed by atoms with Crippen molar-refractivity contribution in [3.8, 4) is 0 Å². The number of carboxylic acids is 2. The van der Waals surface area contributed by atoms with Crippen LogP contribution in [0.3, 0.4) is 0 Å². The molecule has 0 radical (unpaired) electrons. The smallest absolute Gasteiger partial charge is 0.334 e. The first-order valence-corrected chi connectivity index (χ1v) is 8.05. The average Bonchev–Trinajstić information content (AvgIpc) is 2.79. The number of carboxylic acid groups (broad SMARTS) is 2. The number of hydrogen-bond donors (Lipinski definition) is 3. The van der Waals surface area contributed by atoms with E-state index < -0.39 is 23.0 Å². The summed E-state index contributed by atoms with van der Waals surface area (Å²) in [5, 5.41) is 22.4. The second-order valence-corrected chi connectivity index (χ2v) is 6.69. The van der Waals surface area contributed by atoms with Gasteiger partial charge < -0.3 is 10.2 Å². The first kappa shape index (κ1) is 15.6. The lowest BCUT2D eigenvalue weighted by Gasteiger charge is -2.41. The molecule has 4 rings (SSSR count). The molecule has 2 heterocycles. The molecule has 25 heavy (non-hydrogen) atoms. The van der Waals surface area contributed by atoms with Crippen molar-refractivity contribution in [1.82, 2.24) is 5.32 Å². The third-order valence-corrected chi connectivity index (χ3v) is 5.27. The van der Waals surface area contributed by atoms with Crippen molar-refractivity contribution in [3.05, 3.63) is 82.5 Å². The molecule has 5 nitrogen and oxygen atoms in total. The van der Waals surface area contributed by atoms with E-state index in [4.69, 9.17) is 0 Å². The van der Waals surface area contributed by atoms with Crippen molar-refractivity contribution in [1.29, 1.82) is 0 Å². The highest BCUT2D eigenvalue weighted by Crippen LogP contribution is 2.55. The minimum absolute atomic E-state index is 0.183. The Morgan fingerprint density at radius 1 is 1.20 bits per heavy atom. The maximum atomic E-state index is 12.0. The zero-order valence-corrected chi connectivity index (χ0v) is 13.6. The standard InChI is InChI=1S/C20H17NO4/c1-19-13-7-3-2-6-12(13)11-20(21-19,15-9-5-4-8-14(15)19)16(18(24)25)10-17(22)23/h2-5,7-11,21H,6H2,1H3,(H,22,23)(H,24,25)/b16-10-. The maximum absolute atomic E-state index is 12.0. The zero-order valence-electron chi connectivity index (χ0n) is 13.6. The van der Waals surface area contributed by atoms with Crippen molar-refractivity contribution in [3.63, 3.8) is 0 Å². The van der Waals surface area contributed by atoms with Gasteiger partial charge >= 0.3 is 11.9 Å². The molecule has 0 aromatic heterocycles. The predicted molar refractivity (Wildman–Crippen MR) is 91.9 cm³/mol. The lowest BCUT2D eigenvalue weighted by Crippen LogP contribution is -2.52. The molecule has 2 unspecified atom stereocenters. The van der Waals surface area contributed by atoms with Crippen LogP contribution in [0, 0.1) is 0 Å². The Balaban J connectivity index is 2.08. The molecule has 0 spiro atoms. The van der Waals surface area contributed by atoms with Crippen LogP contribution in [0.5, 0.6) is 0 Å². The van der Waals surface area contributed by atoms with Crippen LogP contribution in [0.25, 0.3) is 0 Å². The number of aliphatic carboxylic acids is 2. The topological polar surface area (TPSA) is 86.6 Å². The van der Waals surface area contributed by atoms with Gasteiger partial charge in [0.05, 0.1) is 16.7 Å². The Bertz CT molecular complexity index is 937. The normalized spacial score (nSPS) is 29.4. The molecule has 0 saturated heterocycles. The Labute approximate surface area is 144 Å². The van der Waals surface area contributed by atoms with Crippen molar-refractivity contribution >= 4 is 11.9 Å². The lowest BCUT2D eigenvalue weighted by molar-refractivity contribution is -0.135. The molecule has 0 fully saturated rings. The molecule has 2 atom stereocenters. The SMILES string of the molecule is CC12NC(/C(=C\C(=O)O)C(=O)O)(C=C3CC=CC=C31)c1ccccc12. The van der Waals surface area contributed by atoms with Crippen molar-refractivity contribution in [2.75, 3.05) is 0 Å². The van der Waals surface area contributed by atoms with Gasteiger partial charge in [0, 0.05) is 6.08 Å². The van der Waals surface area contributed by atoms with E-state index in [1.54, 1.807) is 0 Å². The Kier molecular flexibility index (Phi) is 3.14. The van der Waals surface area contributed by atoms with E-state index in [9.17, 15) is 19.8 Å². The third kappa shape index (κ3) is 1.99. The minimum atomic E-state index is -1.28. The van der Waals surface area contributed by atoms with E-state index in [0.29, 0.717) is 6.42 Å². The van der Waals surface area contributed by atoms with Gasteiger partial charge in [0.15, 0.2) is 0 Å². The van der Waals surface area contributed by atoms with Gasteiger partial charge in [0.25, 0.3) is 0 Å². The summed E-state index contributed by atoms with van der Waals surface area (Å²) in [5.74, 6) is -2.52. The summed E-state index contributed by atoms with van der Waals surface area (Å²) in [6, 6.07) is 7.61. The van der Waals surface area contributed by atoms with Crippen LogP contribution in [-0.4, -0.2) is 22.2 Å². The fourth-order valence-electron chi connectivity index (χ4n) is 4.34. The molecule has 126 valence electrons. The number of benzene rings is 1. The molecule has 0 amide bonds. The Morgan fingerprint density at radius 3 is 2.60 bits per heavy atom. The predicted octanol–water partition coefficient (Wildman–Crippen LogP) is 2.62. The molecular weight excluding hydrogens is 318 g/mol. The highest BCUT2D eigenvalue weighted by Gasteiger charge is 2.56. The van der Waals surface area contributed by atoms with Gasteiger partial charge in [-0.1, -0.05) is 48.6 Å². The van der Waals surface area contributed by atoms with Gasteiger partial charge in [-0.15, -0.1) is 0 Å². The summed E-state index contributed by atoms with van der Waals surface area (Å²) in [6.07, 6.45) is 9.41. The average molecular weight is 335 g/mol. The first-order valence-electron chi connectivity index (χ1n) is 8.05. The minimum Gasteiger partial charge on any atom is -0.478 e. The highest BCUT2D eigenvalue weighted by molar-refractivity contribution is 5.98. The van der Waals surface area contributed by atoms with Crippen LogP contribution in [0.2, 0.25) is 0 Å². The fraction of sp³-hybridized carbons (Fsp3) is 0.200. The van der Waals surface area contributed by atoms with Crippen LogP contribution in [0.1, 0.15) is 24.5 Å². The fourth-order valence-corrected chi connectivity index (χ4v) is 4.34. The van der Waals surface area contributed by atoms with Crippen LogP contribution in [0.4, 0.5) is 0 Å². The number of allylic oxidation sites excluding steroid dienone is 3. The van der Waals surface area contributed by atoms with Crippen molar-refractivity contribution in [2.45, 2.75) is 24.4 Å². The van der Waals surface area contributed by atoms with Crippen molar-refractivity contribution < 1.29 is 19.8 Å². The summed E-state index contributed by atoms with van der Waals surface area (Å²) < 4.78 is 0. The van der Waals surface area contributed by atoms with E-state index in [2.05, 4.69) is 5.32 Å². The van der Waals surface area contributed by atoms with Crippen LogP contribution >= 0.6 is 0 Å². The molecule has 5 heteroatoms. The monoisotopic (exact) mass is 335 g/mol. The van der Waals surface area contributed by atoms with Gasteiger partial charge in [-0.2, -0.15) is 0 Å². The molecule has 1 aliphatic carbocycles. The van der Waals surface area contributed by atoms with Gasteiger partial charge in [-0.3, -0.25) is 5.32 Å². The second kappa shape index (κ2) is 5.04. The van der Waals surface area contributed by atoms with Crippen LogP contribution < -0.4 is 5.32 Å². The van der Waals surface area contributed by atoms with Crippen molar-refractivity contribution in [2.24, 2.45) is 0 Å². The summed E-state index contributed by atoms with van der Waals surface area (Å²) >= 11 is 0. The summed E-state index contributed by atoms with van der Waals surface area (Å²) in [5.41, 5.74) is 1.97. The molecule has 3 N–H and O–H groups in total. The van der Waals surface area contributed by atoms with E-state index >= 15 is 0 Å². The summed E-state index contributed by atoms with van der Waals surface area (Å²) in [6.45, 7) is 2.02. The van der Waals surface area contributed by atoms with Crippen LogP contribution in [0.15, 0.2) is 71.4 Å². The zero-order chi connectivity index (χ0) is 17.8. The highest BCUT2D eigenvalue weighted by atomic mass is 16.4. The molecular formula is C20H17NO4.